The van der Waals surface area contributed by atoms with Gasteiger partial charge in [-0.3, -0.25) is 4.79 Å². The lowest BCUT2D eigenvalue weighted by Crippen LogP contribution is -2.46. The summed E-state index contributed by atoms with van der Waals surface area (Å²) in [5.41, 5.74) is 0.808. The standard InChI is InChI=1S/C13H16Cl2N2O.ClH/c14-10-4-3-9(12(15)7-10)6-13(18)17-11-2-1-5-16-8-11;/h3-4,7,11,16H,1-2,5-6,8H2,(H,17,18);1H. The second-order valence-electron chi connectivity index (χ2n) is 4.52. The zero-order valence-electron chi connectivity index (χ0n) is 10.4. The van der Waals surface area contributed by atoms with Gasteiger partial charge in [-0.15, -0.1) is 12.4 Å². The smallest absolute Gasteiger partial charge is 0.224 e. The number of piperidine rings is 1. The van der Waals surface area contributed by atoms with E-state index < -0.39 is 0 Å². The number of carbonyl (C=O) groups excluding carboxylic acids is 1. The molecule has 19 heavy (non-hydrogen) atoms. The minimum absolute atomic E-state index is 0. The van der Waals surface area contributed by atoms with Gasteiger partial charge in [-0.25, -0.2) is 0 Å². The van der Waals surface area contributed by atoms with Crippen LogP contribution in [0, 0.1) is 0 Å². The molecule has 0 spiro atoms. The number of amides is 1. The Hall–Kier alpha value is -0.480. The highest BCUT2D eigenvalue weighted by molar-refractivity contribution is 6.35. The molecule has 0 bridgehead atoms. The van der Waals surface area contributed by atoms with E-state index in [1.807, 2.05) is 0 Å². The van der Waals surface area contributed by atoms with E-state index >= 15 is 0 Å². The molecule has 1 aromatic rings. The maximum absolute atomic E-state index is 11.9. The van der Waals surface area contributed by atoms with Gasteiger partial charge in [-0.1, -0.05) is 29.3 Å². The quantitative estimate of drug-likeness (QED) is 0.898. The van der Waals surface area contributed by atoms with Crippen LogP contribution in [0.5, 0.6) is 0 Å². The van der Waals surface area contributed by atoms with Crippen LogP contribution < -0.4 is 10.6 Å². The molecule has 2 rings (SSSR count). The van der Waals surface area contributed by atoms with E-state index in [-0.39, 0.29) is 24.4 Å². The van der Waals surface area contributed by atoms with Crippen molar-refractivity contribution in [2.24, 2.45) is 0 Å². The van der Waals surface area contributed by atoms with Gasteiger partial charge in [0, 0.05) is 22.6 Å². The number of benzene rings is 1. The average Bonchev–Trinajstić information content (AvgIpc) is 2.34. The molecule has 6 heteroatoms. The second-order valence-corrected chi connectivity index (χ2v) is 5.37. The molecule has 1 fully saturated rings. The van der Waals surface area contributed by atoms with Crippen LogP contribution >= 0.6 is 35.6 Å². The molecule has 106 valence electrons. The summed E-state index contributed by atoms with van der Waals surface area (Å²) < 4.78 is 0. The van der Waals surface area contributed by atoms with Gasteiger partial charge in [0.25, 0.3) is 0 Å². The van der Waals surface area contributed by atoms with Crippen LogP contribution in [0.3, 0.4) is 0 Å². The van der Waals surface area contributed by atoms with E-state index in [0.717, 1.165) is 31.5 Å². The minimum atomic E-state index is 0. The fourth-order valence-corrected chi connectivity index (χ4v) is 2.57. The molecule has 2 N–H and O–H groups in total. The van der Waals surface area contributed by atoms with E-state index in [9.17, 15) is 4.79 Å². The van der Waals surface area contributed by atoms with Gasteiger partial charge in [0.2, 0.25) is 5.91 Å². The van der Waals surface area contributed by atoms with Gasteiger partial charge in [-0.05, 0) is 37.1 Å². The molecule has 0 saturated carbocycles. The molecular formula is C13H17Cl3N2O. The summed E-state index contributed by atoms with van der Waals surface area (Å²) in [5, 5.41) is 7.41. The van der Waals surface area contributed by atoms with Gasteiger partial charge < -0.3 is 10.6 Å². The molecule has 1 aliphatic rings. The first-order valence-electron chi connectivity index (χ1n) is 6.09. The van der Waals surface area contributed by atoms with Crippen molar-refractivity contribution in [3.63, 3.8) is 0 Å². The third kappa shape index (κ3) is 5.19. The lowest BCUT2D eigenvalue weighted by Gasteiger charge is -2.23. The zero-order valence-corrected chi connectivity index (χ0v) is 12.7. The molecule has 1 atom stereocenters. The fraction of sp³-hybridized carbons (Fsp3) is 0.462. The van der Waals surface area contributed by atoms with Crippen LogP contribution in [0.4, 0.5) is 0 Å². The molecular weight excluding hydrogens is 307 g/mol. The molecule has 1 aromatic carbocycles. The van der Waals surface area contributed by atoms with Crippen LogP contribution in [0.1, 0.15) is 18.4 Å². The second kappa shape index (κ2) is 7.95. The Labute approximate surface area is 129 Å². The van der Waals surface area contributed by atoms with Gasteiger partial charge in [0.15, 0.2) is 0 Å². The third-order valence-electron chi connectivity index (χ3n) is 3.03. The number of rotatable bonds is 3. The van der Waals surface area contributed by atoms with Gasteiger partial charge in [0.1, 0.15) is 0 Å². The average molecular weight is 324 g/mol. The molecule has 0 aliphatic carbocycles. The van der Waals surface area contributed by atoms with E-state index in [0.29, 0.717) is 16.5 Å². The Kier molecular flexibility index (Phi) is 6.94. The van der Waals surface area contributed by atoms with Crippen molar-refractivity contribution in [1.29, 1.82) is 0 Å². The van der Waals surface area contributed by atoms with Crippen LogP contribution in [-0.2, 0) is 11.2 Å². The minimum Gasteiger partial charge on any atom is -0.352 e. The Morgan fingerprint density at radius 1 is 1.42 bits per heavy atom. The van der Waals surface area contributed by atoms with E-state index in [2.05, 4.69) is 10.6 Å². The fourth-order valence-electron chi connectivity index (χ4n) is 2.09. The normalized spacial score (nSPS) is 18.5. The van der Waals surface area contributed by atoms with Crippen LogP contribution in [-0.4, -0.2) is 25.0 Å². The summed E-state index contributed by atoms with van der Waals surface area (Å²) in [6.07, 6.45) is 2.44. The van der Waals surface area contributed by atoms with Crippen molar-refractivity contribution in [2.75, 3.05) is 13.1 Å². The molecule has 3 nitrogen and oxygen atoms in total. The lowest BCUT2D eigenvalue weighted by atomic mass is 10.1. The van der Waals surface area contributed by atoms with Crippen molar-refractivity contribution < 1.29 is 4.79 Å². The zero-order chi connectivity index (χ0) is 13.0. The molecule has 1 aliphatic heterocycles. The Bertz CT molecular complexity index is 434. The number of carbonyl (C=O) groups is 1. The summed E-state index contributed by atoms with van der Waals surface area (Å²) in [4.78, 5) is 11.9. The topological polar surface area (TPSA) is 41.1 Å². The van der Waals surface area contributed by atoms with Gasteiger partial charge in [-0.2, -0.15) is 0 Å². The largest absolute Gasteiger partial charge is 0.352 e. The monoisotopic (exact) mass is 322 g/mol. The number of hydrogen-bond donors (Lipinski definition) is 2. The van der Waals surface area contributed by atoms with Crippen molar-refractivity contribution in [1.82, 2.24) is 10.6 Å². The predicted octanol–water partition coefficient (Wildman–Crippen LogP) is 2.83. The number of hydrogen-bond acceptors (Lipinski definition) is 2. The van der Waals surface area contributed by atoms with E-state index in [1.165, 1.54) is 0 Å². The first-order valence-corrected chi connectivity index (χ1v) is 6.85. The molecule has 1 unspecified atom stereocenters. The summed E-state index contributed by atoms with van der Waals surface area (Å²) in [7, 11) is 0. The lowest BCUT2D eigenvalue weighted by molar-refractivity contribution is -0.121. The van der Waals surface area contributed by atoms with Crippen molar-refractivity contribution in [3.05, 3.63) is 33.8 Å². The van der Waals surface area contributed by atoms with Gasteiger partial charge in [0.05, 0.1) is 6.42 Å². The first kappa shape index (κ1) is 16.6. The highest BCUT2D eigenvalue weighted by atomic mass is 35.5. The first-order chi connectivity index (χ1) is 8.65. The Balaban J connectivity index is 0.00000180. The maximum atomic E-state index is 11.9. The highest BCUT2D eigenvalue weighted by Gasteiger charge is 2.16. The SMILES string of the molecule is Cl.O=C(Cc1ccc(Cl)cc1Cl)NC1CCCNC1. The van der Waals surface area contributed by atoms with Crippen LogP contribution in [0.25, 0.3) is 0 Å². The van der Waals surface area contributed by atoms with Crippen molar-refractivity contribution in [2.45, 2.75) is 25.3 Å². The van der Waals surface area contributed by atoms with Crippen LogP contribution in [0.15, 0.2) is 18.2 Å². The molecule has 1 heterocycles. The number of nitrogens with one attached hydrogen (secondary N) is 2. The highest BCUT2D eigenvalue weighted by Crippen LogP contribution is 2.21. The number of halogens is 3. The summed E-state index contributed by atoms with van der Waals surface area (Å²) in [6.45, 7) is 1.88. The predicted molar refractivity (Wildman–Crippen MR) is 81.4 cm³/mol. The van der Waals surface area contributed by atoms with Crippen molar-refractivity contribution in [3.8, 4) is 0 Å². The molecule has 1 saturated heterocycles. The van der Waals surface area contributed by atoms with Crippen LogP contribution in [0.2, 0.25) is 10.0 Å². The Morgan fingerprint density at radius 2 is 2.21 bits per heavy atom. The maximum Gasteiger partial charge on any atom is 0.224 e. The van der Waals surface area contributed by atoms with Gasteiger partial charge >= 0.3 is 0 Å². The van der Waals surface area contributed by atoms with Crippen molar-refractivity contribution >= 4 is 41.5 Å². The van der Waals surface area contributed by atoms with E-state index in [1.54, 1.807) is 18.2 Å². The molecule has 1 amide bonds. The molecule has 0 aromatic heterocycles. The summed E-state index contributed by atoms with van der Waals surface area (Å²) >= 11 is 11.9. The van der Waals surface area contributed by atoms with E-state index in [4.69, 9.17) is 23.2 Å². The molecule has 0 radical (unpaired) electrons. The summed E-state index contributed by atoms with van der Waals surface area (Å²) in [6, 6.07) is 5.44. The Morgan fingerprint density at radius 3 is 2.84 bits per heavy atom. The summed E-state index contributed by atoms with van der Waals surface area (Å²) in [5.74, 6) is 0.00734. The third-order valence-corrected chi connectivity index (χ3v) is 3.62.